The number of hydrogen-bond donors (Lipinski definition) is 1. The highest BCUT2D eigenvalue weighted by atomic mass is 32.2. The lowest BCUT2D eigenvalue weighted by Crippen LogP contribution is -2.14. The lowest BCUT2D eigenvalue weighted by molar-refractivity contribution is 0.514. The van der Waals surface area contributed by atoms with Crippen LogP contribution in [0.1, 0.15) is 12.2 Å². The van der Waals surface area contributed by atoms with Crippen LogP contribution in [-0.4, -0.2) is 18.6 Å². The van der Waals surface area contributed by atoms with Crippen molar-refractivity contribution in [2.24, 2.45) is 0 Å². The van der Waals surface area contributed by atoms with Crippen molar-refractivity contribution in [1.82, 2.24) is 5.32 Å². The van der Waals surface area contributed by atoms with Crippen molar-refractivity contribution in [1.29, 1.82) is 0 Å². The molecule has 3 heteroatoms. The van der Waals surface area contributed by atoms with Gasteiger partial charge in [0.25, 0.3) is 0 Å². The Labute approximate surface area is 100 Å². The van der Waals surface area contributed by atoms with Gasteiger partial charge in [-0.1, -0.05) is 18.2 Å². The molecule has 0 amide bonds. The van der Waals surface area contributed by atoms with Gasteiger partial charge in [-0.05, 0) is 37.1 Å². The third-order valence-electron chi connectivity index (χ3n) is 2.48. The fourth-order valence-electron chi connectivity index (χ4n) is 1.68. The lowest BCUT2D eigenvalue weighted by Gasteiger charge is -2.00. The van der Waals surface area contributed by atoms with Gasteiger partial charge in [0.05, 0.1) is 6.54 Å². The van der Waals surface area contributed by atoms with E-state index in [-0.39, 0.29) is 0 Å². The Morgan fingerprint density at radius 1 is 1.31 bits per heavy atom. The maximum atomic E-state index is 5.71. The molecule has 16 heavy (non-hydrogen) atoms. The first-order valence-corrected chi connectivity index (χ1v) is 6.96. The molecule has 0 aliphatic rings. The molecule has 2 rings (SSSR count). The summed E-state index contributed by atoms with van der Waals surface area (Å²) in [4.78, 5) is 0. The number of nitrogens with one attached hydrogen (secondary N) is 1. The fraction of sp³-hybridized carbons (Fsp3) is 0.385. The summed E-state index contributed by atoms with van der Waals surface area (Å²) in [5, 5.41) is 4.57. The van der Waals surface area contributed by atoms with Gasteiger partial charge in [-0.15, -0.1) is 0 Å². The van der Waals surface area contributed by atoms with E-state index in [0.29, 0.717) is 0 Å². The zero-order valence-corrected chi connectivity index (χ0v) is 10.3. The Kier molecular flexibility index (Phi) is 4.31. The highest BCUT2D eigenvalue weighted by Crippen LogP contribution is 2.18. The smallest absolute Gasteiger partial charge is 0.134 e. The maximum absolute atomic E-state index is 5.71. The molecule has 1 aromatic carbocycles. The summed E-state index contributed by atoms with van der Waals surface area (Å²) in [7, 11) is 0. The largest absolute Gasteiger partial charge is 0.460 e. The maximum Gasteiger partial charge on any atom is 0.134 e. The molecule has 0 unspecified atom stereocenters. The van der Waals surface area contributed by atoms with Gasteiger partial charge in [-0.25, -0.2) is 0 Å². The Hall–Kier alpha value is -0.930. The topological polar surface area (TPSA) is 25.2 Å². The van der Waals surface area contributed by atoms with Crippen LogP contribution in [0.4, 0.5) is 0 Å². The number of thioether (sulfide) groups is 1. The Balaban J connectivity index is 1.85. The van der Waals surface area contributed by atoms with Crippen molar-refractivity contribution in [3.05, 3.63) is 36.1 Å². The summed E-state index contributed by atoms with van der Waals surface area (Å²) in [5.41, 5.74) is 0.975. The normalized spacial score (nSPS) is 11.1. The van der Waals surface area contributed by atoms with Gasteiger partial charge in [0.15, 0.2) is 0 Å². The van der Waals surface area contributed by atoms with E-state index in [1.807, 2.05) is 30.0 Å². The van der Waals surface area contributed by atoms with E-state index in [2.05, 4.69) is 23.7 Å². The molecule has 1 heterocycles. The van der Waals surface area contributed by atoms with Gasteiger partial charge in [-0.2, -0.15) is 11.8 Å². The first kappa shape index (κ1) is 11.6. The van der Waals surface area contributed by atoms with E-state index in [1.165, 1.54) is 17.6 Å². The number of hydrogen-bond acceptors (Lipinski definition) is 3. The van der Waals surface area contributed by atoms with E-state index >= 15 is 0 Å². The molecule has 86 valence electrons. The average Bonchev–Trinajstić information content (AvgIpc) is 2.71. The van der Waals surface area contributed by atoms with Crippen molar-refractivity contribution in [3.63, 3.8) is 0 Å². The Bertz CT molecular complexity index is 405. The number of rotatable bonds is 6. The van der Waals surface area contributed by atoms with Crippen LogP contribution in [0.15, 0.2) is 34.7 Å². The zero-order chi connectivity index (χ0) is 11.2. The molecule has 0 radical (unpaired) electrons. The van der Waals surface area contributed by atoms with Gasteiger partial charge in [-0.3, -0.25) is 0 Å². The van der Waals surface area contributed by atoms with Gasteiger partial charge in [0.1, 0.15) is 11.3 Å². The Morgan fingerprint density at radius 2 is 2.19 bits per heavy atom. The molecule has 1 aromatic heterocycles. The summed E-state index contributed by atoms with van der Waals surface area (Å²) >= 11 is 1.89. The molecule has 0 saturated carbocycles. The lowest BCUT2D eigenvalue weighted by atomic mass is 10.2. The van der Waals surface area contributed by atoms with Crippen LogP contribution in [0.25, 0.3) is 11.0 Å². The van der Waals surface area contributed by atoms with Crippen molar-refractivity contribution in [3.8, 4) is 0 Å². The molecular weight excluding hydrogens is 218 g/mol. The third-order valence-corrected chi connectivity index (χ3v) is 3.17. The van der Waals surface area contributed by atoms with Crippen molar-refractivity contribution in [2.75, 3.05) is 18.6 Å². The van der Waals surface area contributed by atoms with E-state index in [1.54, 1.807) is 0 Å². The van der Waals surface area contributed by atoms with Crippen LogP contribution < -0.4 is 5.32 Å². The second-order valence-corrected chi connectivity index (χ2v) is 4.76. The van der Waals surface area contributed by atoms with E-state index in [9.17, 15) is 0 Å². The molecule has 0 spiro atoms. The summed E-state index contributed by atoms with van der Waals surface area (Å²) in [6.07, 6.45) is 3.35. The summed E-state index contributed by atoms with van der Waals surface area (Å²) in [6, 6.07) is 10.2. The van der Waals surface area contributed by atoms with E-state index < -0.39 is 0 Å². The molecular formula is C13H17NOS. The standard InChI is InChI=1S/C13H17NOS/c1-16-8-4-7-14-10-12-9-11-5-2-3-6-13(11)15-12/h2-3,5-6,9,14H,4,7-8,10H2,1H3. The van der Waals surface area contributed by atoms with Gasteiger partial charge < -0.3 is 9.73 Å². The minimum Gasteiger partial charge on any atom is -0.460 e. The molecule has 0 saturated heterocycles. The highest BCUT2D eigenvalue weighted by molar-refractivity contribution is 7.98. The molecule has 0 aliphatic carbocycles. The number of para-hydroxylation sites is 1. The fourth-order valence-corrected chi connectivity index (χ4v) is 2.11. The monoisotopic (exact) mass is 235 g/mol. The minimum absolute atomic E-state index is 0.822. The molecule has 1 N–H and O–H groups in total. The minimum atomic E-state index is 0.822. The highest BCUT2D eigenvalue weighted by Gasteiger charge is 2.01. The first-order chi connectivity index (χ1) is 7.90. The van der Waals surface area contributed by atoms with Crippen LogP contribution in [0, 0.1) is 0 Å². The van der Waals surface area contributed by atoms with Crippen molar-refractivity contribution >= 4 is 22.7 Å². The summed E-state index contributed by atoms with van der Waals surface area (Å²) in [6.45, 7) is 1.88. The van der Waals surface area contributed by atoms with Gasteiger partial charge in [0.2, 0.25) is 0 Å². The first-order valence-electron chi connectivity index (χ1n) is 5.57. The molecule has 2 nitrogen and oxygen atoms in total. The Morgan fingerprint density at radius 3 is 3.00 bits per heavy atom. The molecule has 0 aliphatic heterocycles. The van der Waals surface area contributed by atoms with Gasteiger partial charge in [0, 0.05) is 5.39 Å². The van der Waals surface area contributed by atoms with Crippen LogP contribution in [0.3, 0.4) is 0 Å². The second-order valence-electron chi connectivity index (χ2n) is 3.77. The molecule has 0 atom stereocenters. The van der Waals surface area contributed by atoms with Crippen molar-refractivity contribution < 1.29 is 4.42 Å². The molecule has 2 aromatic rings. The molecule has 0 fully saturated rings. The number of benzene rings is 1. The second kappa shape index (κ2) is 5.97. The third kappa shape index (κ3) is 3.03. The van der Waals surface area contributed by atoms with Crippen LogP contribution in [0.5, 0.6) is 0 Å². The van der Waals surface area contributed by atoms with Crippen molar-refractivity contribution in [2.45, 2.75) is 13.0 Å². The van der Waals surface area contributed by atoms with Crippen LogP contribution >= 0.6 is 11.8 Å². The quantitative estimate of drug-likeness (QED) is 0.778. The van der Waals surface area contributed by atoms with Crippen LogP contribution in [-0.2, 0) is 6.54 Å². The summed E-state index contributed by atoms with van der Waals surface area (Å²) < 4.78 is 5.71. The zero-order valence-electron chi connectivity index (χ0n) is 9.53. The predicted octanol–water partition coefficient (Wildman–Crippen LogP) is 3.28. The number of furan rings is 1. The SMILES string of the molecule is CSCCCNCc1cc2ccccc2o1. The molecule has 0 bridgehead atoms. The van der Waals surface area contributed by atoms with E-state index in [4.69, 9.17) is 4.42 Å². The predicted molar refractivity (Wildman–Crippen MR) is 70.9 cm³/mol. The number of fused-ring (bicyclic) bond motifs is 1. The van der Waals surface area contributed by atoms with E-state index in [0.717, 1.165) is 24.4 Å². The van der Waals surface area contributed by atoms with Gasteiger partial charge >= 0.3 is 0 Å². The average molecular weight is 235 g/mol. The van der Waals surface area contributed by atoms with Crippen LogP contribution in [0.2, 0.25) is 0 Å². The summed E-state index contributed by atoms with van der Waals surface area (Å²) in [5.74, 6) is 2.23.